The lowest BCUT2D eigenvalue weighted by Gasteiger charge is -2.12. The zero-order valence-electron chi connectivity index (χ0n) is 16.4. The van der Waals surface area contributed by atoms with Crippen molar-refractivity contribution >= 4 is 22.6 Å². The topological polar surface area (TPSA) is 112 Å². The number of nitrogens with zero attached hydrogens (tertiary/aromatic N) is 2. The minimum atomic E-state index is -0.752. The van der Waals surface area contributed by atoms with E-state index in [0.717, 1.165) is 5.56 Å². The number of nitrogens with one attached hydrogen (secondary N) is 1. The monoisotopic (exact) mass is 409 g/mol. The quantitative estimate of drug-likeness (QED) is 0.378. The smallest absolute Gasteiger partial charge is 0.347 e. The Morgan fingerprint density at radius 2 is 2.03 bits per heavy atom. The van der Waals surface area contributed by atoms with Crippen molar-refractivity contribution in [3.8, 4) is 11.5 Å². The maximum Gasteiger partial charge on any atom is 0.347 e. The molecule has 30 heavy (non-hydrogen) atoms. The van der Waals surface area contributed by atoms with Gasteiger partial charge in [0.1, 0.15) is 0 Å². The fourth-order valence-corrected chi connectivity index (χ4v) is 2.94. The second-order valence-electron chi connectivity index (χ2n) is 6.62. The van der Waals surface area contributed by atoms with Crippen molar-refractivity contribution in [3.63, 3.8) is 0 Å². The zero-order chi connectivity index (χ0) is 21.1. The summed E-state index contributed by atoms with van der Waals surface area (Å²) in [5, 5.41) is 4.41. The summed E-state index contributed by atoms with van der Waals surface area (Å²) in [5.74, 6) is 0.921. The number of ether oxygens (including phenoxy) is 3. The SMILES string of the molecule is C/C(=N/OCC(=O)O[C@@H](C)c1nc2ccccc2c(=O)[nH]1)c1ccc2c(c1)OCO2. The first-order valence-corrected chi connectivity index (χ1v) is 9.26. The molecule has 1 aliphatic heterocycles. The molecule has 154 valence electrons. The molecule has 1 aromatic heterocycles. The van der Waals surface area contributed by atoms with Crippen LogP contribution < -0.4 is 15.0 Å². The van der Waals surface area contributed by atoms with Crippen LogP contribution in [0.25, 0.3) is 10.9 Å². The Labute approximate surface area is 171 Å². The van der Waals surface area contributed by atoms with Gasteiger partial charge in [0.15, 0.2) is 23.4 Å². The van der Waals surface area contributed by atoms with Crippen LogP contribution in [0.5, 0.6) is 11.5 Å². The minimum Gasteiger partial charge on any atom is -0.454 e. The van der Waals surface area contributed by atoms with Gasteiger partial charge in [0.25, 0.3) is 5.56 Å². The summed E-state index contributed by atoms with van der Waals surface area (Å²) in [5.41, 5.74) is 1.58. The lowest BCUT2D eigenvalue weighted by molar-refractivity contribution is -0.154. The van der Waals surface area contributed by atoms with E-state index in [0.29, 0.717) is 28.1 Å². The van der Waals surface area contributed by atoms with E-state index in [-0.39, 0.29) is 24.8 Å². The number of aromatic amines is 1. The highest BCUT2D eigenvalue weighted by Gasteiger charge is 2.17. The molecule has 1 atom stereocenters. The summed E-state index contributed by atoms with van der Waals surface area (Å²) < 4.78 is 15.9. The van der Waals surface area contributed by atoms with Gasteiger partial charge in [-0.05, 0) is 44.2 Å². The average Bonchev–Trinajstić information content (AvgIpc) is 3.21. The van der Waals surface area contributed by atoms with Crippen molar-refractivity contribution in [1.29, 1.82) is 0 Å². The second-order valence-corrected chi connectivity index (χ2v) is 6.62. The van der Waals surface area contributed by atoms with Gasteiger partial charge in [0.05, 0.1) is 16.6 Å². The summed E-state index contributed by atoms with van der Waals surface area (Å²) in [7, 11) is 0. The lowest BCUT2D eigenvalue weighted by Crippen LogP contribution is -2.19. The highest BCUT2D eigenvalue weighted by Crippen LogP contribution is 2.32. The number of H-pyrrole nitrogens is 1. The van der Waals surface area contributed by atoms with E-state index in [2.05, 4.69) is 15.1 Å². The maximum absolute atomic E-state index is 12.1. The fraction of sp³-hybridized carbons (Fsp3) is 0.238. The van der Waals surface area contributed by atoms with Crippen LogP contribution >= 0.6 is 0 Å². The summed E-state index contributed by atoms with van der Waals surface area (Å²) in [6, 6.07) is 12.3. The van der Waals surface area contributed by atoms with Crippen molar-refractivity contribution in [1.82, 2.24) is 9.97 Å². The van der Waals surface area contributed by atoms with E-state index >= 15 is 0 Å². The van der Waals surface area contributed by atoms with Crippen LogP contribution in [0.2, 0.25) is 0 Å². The molecule has 3 aromatic rings. The van der Waals surface area contributed by atoms with Crippen LogP contribution in [0.1, 0.15) is 31.3 Å². The van der Waals surface area contributed by atoms with Crippen LogP contribution in [0, 0.1) is 0 Å². The van der Waals surface area contributed by atoms with E-state index in [4.69, 9.17) is 19.0 Å². The molecule has 0 fully saturated rings. The first-order chi connectivity index (χ1) is 14.5. The fourth-order valence-electron chi connectivity index (χ4n) is 2.94. The third kappa shape index (κ3) is 4.09. The summed E-state index contributed by atoms with van der Waals surface area (Å²) in [6.45, 7) is 3.16. The number of oxime groups is 1. The first kappa shape index (κ1) is 19.4. The second kappa shape index (κ2) is 8.24. The van der Waals surface area contributed by atoms with E-state index in [1.54, 1.807) is 50.2 Å². The Morgan fingerprint density at radius 1 is 1.23 bits per heavy atom. The van der Waals surface area contributed by atoms with Crippen LogP contribution in [0.15, 0.2) is 52.4 Å². The van der Waals surface area contributed by atoms with Gasteiger partial charge in [-0.3, -0.25) is 4.79 Å². The molecule has 0 bridgehead atoms. The number of esters is 1. The van der Waals surface area contributed by atoms with Gasteiger partial charge in [-0.1, -0.05) is 17.3 Å². The molecule has 0 spiro atoms. The van der Waals surface area contributed by atoms with Gasteiger partial charge in [-0.25, -0.2) is 9.78 Å². The molecular weight excluding hydrogens is 390 g/mol. The van der Waals surface area contributed by atoms with Gasteiger partial charge in [-0.2, -0.15) is 0 Å². The van der Waals surface area contributed by atoms with Crippen LogP contribution in [-0.4, -0.2) is 35.0 Å². The molecule has 1 N–H and O–H groups in total. The van der Waals surface area contributed by atoms with Crippen molar-refractivity contribution in [2.24, 2.45) is 5.16 Å². The van der Waals surface area contributed by atoms with E-state index < -0.39 is 12.1 Å². The number of hydrogen-bond acceptors (Lipinski definition) is 8. The van der Waals surface area contributed by atoms with Crippen LogP contribution in [0.3, 0.4) is 0 Å². The summed E-state index contributed by atoms with van der Waals surface area (Å²) in [6.07, 6.45) is -0.752. The molecule has 2 aromatic carbocycles. The van der Waals surface area contributed by atoms with Gasteiger partial charge in [-0.15, -0.1) is 0 Å². The molecule has 4 rings (SSSR count). The van der Waals surface area contributed by atoms with Crippen LogP contribution in [-0.2, 0) is 14.4 Å². The standard InChI is InChI=1S/C21H19N3O6/c1-12(14-7-8-17-18(9-14)28-11-27-17)24-29-10-19(25)30-13(2)20-22-16-6-4-3-5-15(16)21(26)23-20/h3-9,13H,10-11H2,1-2H3,(H,22,23,26)/b24-12-/t13-/m0/s1. The number of hydrogen-bond donors (Lipinski definition) is 1. The molecule has 0 saturated carbocycles. The Morgan fingerprint density at radius 3 is 2.90 bits per heavy atom. The van der Waals surface area contributed by atoms with E-state index in [1.807, 2.05) is 6.07 Å². The van der Waals surface area contributed by atoms with Crippen molar-refractivity contribution in [3.05, 3.63) is 64.2 Å². The normalized spacial score (nSPS) is 13.9. The Bertz CT molecular complexity index is 1190. The molecule has 9 heteroatoms. The first-order valence-electron chi connectivity index (χ1n) is 9.26. The molecule has 9 nitrogen and oxygen atoms in total. The number of rotatable bonds is 6. The summed E-state index contributed by atoms with van der Waals surface area (Å²) >= 11 is 0. The van der Waals surface area contributed by atoms with E-state index in [1.165, 1.54) is 0 Å². The average molecular weight is 409 g/mol. The number of carbonyl (C=O) groups excluding carboxylic acids is 1. The predicted octanol–water partition coefficient (Wildman–Crippen LogP) is 2.70. The highest BCUT2D eigenvalue weighted by atomic mass is 16.7. The highest BCUT2D eigenvalue weighted by molar-refractivity contribution is 5.99. The molecular formula is C21H19N3O6. The minimum absolute atomic E-state index is 0.187. The van der Waals surface area contributed by atoms with Gasteiger partial charge < -0.3 is 24.0 Å². The number of aromatic nitrogens is 2. The number of carbonyl (C=O) groups is 1. The summed E-state index contributed by atoms with van der Waals surface area (Å²) in [4.78, 5) is 36.3. The van der Waals surface area contributed by atoms with Crippen molar-refractivity contribution in [2.75, 3.05) is 13.4 Å². The predicted molar refractivity (Wildman–Crippen MR) is 108 cm³/mol. The van der Waals surface area contributed by atoms with Gasteiger partial charge in [0, 0.05) is 5.56 Å². The lowest BCUT2D eigenvalue weighted by atomic mass is 10.1. The molecule has 1 aliphatic rings. The van der Waals surface area contributed by atoms with Crippen molar-refractivity contribution in [2.45, 2.75) is 20.0 Å². The Balaban J connectivity index is 1.35. The van der Waals surface area contributed by atoms with Crippen LogP contribution in [0.4, 0.5) is 0 Å². The zero-order valence-corrected chi connectivity index (χ0v) is 16.4. The molecule has 0 aliphatic carbocycles. The molecule has 2 heterocycles. The number of fused-ring (bicyclic) bond motifs is 2. The number of para-hydroxylation sites is 1. The van der Waals surface area contributed by atoms with E-state index in [9.17, 15) is 9.59 Å². The molecule has 0 saturated heterocycles. The molecule has 0 radical (unpaired) electrons. The largest absolute Gasteiger partial charge is 0.454 e. The number of benzene rings is 2. The van der Waals surface area contributed by atoms with Crippen molar-refractivity contribution < 1.29 is 23.8 Å². The van der Waals surface area contributed by atoms with Gasteiger partial charge >= 0.3 is 5.97 Å². The maximum atomic E-state index is 12.1. The Hall–Kier alpha value is -3.88. The molecule has 0 unspecified atom stereocenters. The third-order valence-electron chi connectivity index (χ3n) is 4.50. The van der Waals surface area contributed by atoms with Gasteiger partial charge in [0.2, 0.25) is 13.4 Å². The molecule has 0 amide bonds. The Kier molecular flexibility index (Phi) is 5.34. The third-order valence-corrected chi connectivity index (χ3v) is 4.50.